The van der Waals surface area contributed by atoms with Crippen molar-refractivity contribution in [1.82, 2.24) is 0 Å². The van der Waals surface area contributed by atoms with Crippen LogP contribution in [-0.2, 0) is 16.6 Å². The van der Waals surface area contributed by atoms with Crippen molar-refractivity contribution in [2.45, 2.75) is 52.2 Å². The summed E-state index contributed by atoms with van der Waals surface area (Å²) in [4.78, 5) is 0. The average molecular weight is 251 g/mol. The molecule has 0 aliphatic carbocycles. The van der Waals surface area contributed by atoms with Crippen LogP contribution in [0.1, 0.15) is 50.7 Å². The second-order valence-electron chi connectivity index (χ2n) is 4.80. The molecule has 0 atom stereocenters. The summed E-state index contributed by atoms with van der Waals surface area (Å²) in [5, 5.41) is 0. The number of benzene rings is 1. The van der Waals surface area contributed by atoms with Gasteiger partial charge in [-0.05, 0) is 36.2 Å². The molecule has 0 spiro atoms. The minimum absolute atomic E-state index is 0.615. The van der Waals surface area contributed by atoms with Crippen molar-refractivity contribution >= 4 is 10.9 Å². The quantitative estimate of drug-likeness (QED) is 0.587. The fraction of sp³-hybridized carbons (Fsp3) is 0.625. The van der Waals surface area contributed by atoms with E-state index in [1.165, 1.54) is 48.5 Å². The maximum Gasteiger partial charge on any atom is 0.133 e. The standard InChI is InChI=1S/C16H27S/c1-4-6-12-17(13-7-5-2)14-16-11-9-8-10-15(16)3/h8-11H,4-7,12-14H2,1-3H3/q+1. The molecule has 0 aliphatic rings. The molecule has 1 heteroatoms. The van der Waals surface area contributed by atoms with Gasteiger partial charge < -0.3 is 0 Å². The first-order valence-electron chi connectivity index (χ1n) is 6.96. The highest BCUT2D eigenvalue weighted by Crippen LogP contribution is 2.16. The van der Waals surface area contributed by atoms with Gasteiger partial charge in [-0.15, -0.1) is 0 Å². The summed E-state index contributed by atoms with van der Waals surface area (Å²) >= 11 is 0. The summed E-state index contributed by atoms with van der Waals surface area (Å²) in [6, 6.07) is 8.89. The van der Waals surface area contributed by atoms with Gasteiger partial charge >= 0.3 is 0 Å². The van der Waals surface area contributed by atoms with Crippen LogP contribution < -0.4 is 0 Å². The third-order valence-electron chi connectivity index (χ3n) is 3.19. The lowest BCUT2D eigenvalue weighted by Gasteiger charge is -2.10. The molecular weight excluding hydrogens is 224 g/mol. The molecule has 0 aliphatic heterocycles. The number of rotatable bonds is 8. The van der Waals surface area contributed by atoms with E-state index < -0.39 is 0 Å². The van der Waals surface area contributed by atoms with Crippen LogP contribution in [0, 0.1) is 6.92 Å². The monoisotopic (exact) mass is 251 g/mol. The predicted molar refractivity (Wildman–Crippen MR) is 81.8 cm³/mol. The van der Waals surface area contributed by atoms with Crippen LogP contribution in [0.25, 0.3) is 0 Å². The van der Waals surface area contributed by atoms with Gasteiger partial charge in [0.2, 0.25) is 0 Å². The van der Waals surface area contributed by atoms with Gasteiger partial charge in [-0.2, -0.15) is 0 Å². The number of aryl methyl sites for hydroxylation is 1. The van der Waals surface area contributed by atoms with Crippen molar-refractivity contribution in [2.24, 2.45) is 0 Å². The number of unbranched alkanes of at least 4 members (excludes halogenated alkanes) is 2. The van der Waals surface area contributed by atoms with E-state index >= 15 is 0 Å². The zero-order valence-corrected chi connectivity index (χ0v) is 12.5. The average Bonchev–Trinajstić information content (AvgIpc) is 2.35. The van der Waals surface area contributed by atoms with E-state index in [-0.39, 0.29) is 0 Å². The minimum Gasteiger partial charge on any atom is -0.0652 e. The molecule has 0 nitrogen and oxygen atoms in total. The molecule has 1 aromatic carbocycles. The SMILES string of the molecule is CCCC[S+](CCCC)Cc1ccccc1C. The van der Waals surface area contributed by atoms with Crippen molar-refractivity contribution in [3.8, 4) is 0 Å². The summed E-state index contributed by atoms with van der Waals surface area (Å²) in [5.41, 5.74) is 3.04. The molecule has 1 aromatic rings. The van der Waals surface area contributed by atoms with Gasteiger partial charge in [0, 0.05) is 5.56 Å². The molecular formula is C16H27S+. The predicted octanol–water partition coefficient (Wildman–Crippen LogP) is 4.71. The van der Waals surface area contributed by atoms with Crippen LogP contribution in [0.4, 0.5) is 0 Å². The van der Waals surface area contributed by atoms with Crippen molar-refractivity contribution in [3.05, 3.63) is 35.4 Å². The Labute approximate surface area is 110 Å². The topological polar surface area (TPSA) is 0 Å². The smallest absolute Gasteiger partial charge is 0.0652 e. The van der Waals surface area contributed by atoms with Gasteiger partial charge in [-0.1, -0.05) is 51.0 Å². The first kappa shape index (κ1) is 14.6. The van der Waals surface area contributed by atoms with Gasteiger partial charge in [0.1, 0.15) is 17.3 Å². The Morgan fingerprint density at radius 1 is 0.941 bits per heavy atom. The van der Waals surface area contributed by atoms with Crippen LogP contribution in [0.2, 0.25) is 0 Å². The van der Waals surface area contributed by atoms with E-state index in [1.54, 1.807) is 5.56 Å². The van der Waals surface area contributed by atoms with Gasteiger partial charge in [-0.25, -0.2) is 0 Å². The van der Waals surface area contributed by atoms with Gasteiger partial charge in [0.15, 0.2) is 0 Å². The Morgan fingerprint density at radius 3 is 2.06 bits per heavy atom. The van der Waals surface area contributed by atoms with Gasteiger partial charge in [-0.3, -0.25) is 0 Å². The lowest BCUT2D eigenvalue weighted by molar-refractivity contribution is 0.870. The zero-order valence-electron chi connectivity index (χ0n) is 11.7. The summed E-state index contributed by atoms with van der Waals surface area (Å²) in [6.07, 6.45) is 5.48. The molecule has 17 heavy (non-hydrogen) atoms. The highest BCUT2D eigenvalue weighted by Gasteiger charge is 2.18. The summed E-state index contributed by atoms with van der Waals surface area (Å²) in [6.45, 7) is 6.85. The maximum atomic E-state index is 2.31. The van der Waals surface area contributed by atoms with E-state index in [0.29, 0.717) is 10.9 Å². The normalized spacial score (nSPS) is 11.1. The van der Waals surface area contributed by atoms with Crippen LogP contribution >= 0.6 is 0 Å². The summed E-state index contributed by atoms with van der Waals surface area (Å²) in [7, 11) is 0.615. The first-order valence-corrected chi connectivity index (χ1v) is 8.69. The molecule has 0 unspecified atom stereocenters. The maximum absolute atomic E-state index is 2.31. The Morgan fingerprint density at radius 2 is 1.53 bits per heavy atom. The molecule has 0 amide bonds. The Balaban J connectivity index is 2.55. The van der Waals surface area contributed by atoms with E-state index in [4.69, 9.17) is 0 Å². The van der Waals surface area contributed by atoms with E-state index in [2.05, 4.69) is 45.0 Å². The lowest BCUT2D eigenvalue weighted by atomic mass is 10.1. The molecule has 0 bridgehead atoms. The third kappa shape index (κ3) is 5.63. The largest absolute Gasteiger partial charge is 0.133 e. The Bertz CT molecular complexity index is 298. The Hall–Kier alpha value is -0.430. The van der Waals surface area contributed by atoms with Crippen molar-refractivity contribution in [3.63, 3.8) is 0 Å². The van der Waals surface area contributed by atoms with Crippen LogP contribution in [0.5, 0.6) is 0 Å². The summed E-state index contributed by atoms with van der Waals surface area (Å²) < 4.78 is 0. The Kier molecular flexibility index (Phi) is 7.43. The molecule has 96 valence electrons. The molecule has 0 radical (unpaired) electrons. The molecule has 1 rings (SSSR count). The van der Waals surface area contributed by atoms with E-state index in [1.807, 2.05) is 0 Å². The molecule has 0 fully saturated rings. The van der Waals surface area contributed by atoms with Gasteiger partial charge in [0.05, 0.1) is 0 Å². The molecule has 0 saturated heterocycles. The van der Waals surface area contributed by atoms with Gasteiger partial charge in [0.25, 0.3) is 0 Å². The molecule has 0 aromatic heterocycles. The first-order chi connectivity index (χ1) is 8.27. The molecule has 0 saturated carbocycles. The fourth-order valence-corrected chi connectivity index (χ4v) is 4.59. The van der Waals surface area contributed by atoms with Crippen molar-refractivity contribution in [2.75, 3.05) is 11.5 Å². The molecule has 0 N–H and O–H groups in total. The second kappa shape index (κ2) is 8.63. The van der Waals surface area contributed by atoms with Crippen LogP contribution in [-0.4, -0.2) is 11.5 Å². The fourth-order valence-electron chi connectivity index (χ4n) is 1.94. The second-order valence-corrected chi connectivity index (χ2v) is 7.13. The van der Waals surface area contributed by atoms with Crippen molar-refractivity contribution in [1.29, 1.82) is 0 Å². The van der Waals surface area contributed by atoms with E-state index in [0.717, 1.165) is 0 Å². The lowest BCUT2D eigenvalue weighted by Crippen LogP contribution is -2.15. The van der Waals surface area contributed by atoms with Crippen molar-refractivity contribution < 1.29 is 0 Å². The number of hydrogen-bond acceptors (Lipinski definition) is 0. The zero-order chi connectivity index (χ0) is 12.5. The van der Waals surface area contributed by atoms with E-state index in [9.17, 15) is 0 Å². The highest BCUT2D eigenvalue weighted by molar-refractivity contribution is 7.96. The van der Waals surface area contributed by atoms with Crippen LogP contribution in [0.3, 0.4) is 0 Å². The molecule has 0 heterocycles. The van der Waals surface area contributed by atoms with Crippen LogP contribution in [0.15, 0.2) is 24.3 Å². The summed E-state index contributed by atoms with van der Waals surface area (Å²) in [5.74, 6) is 4.18. The number of hydrogen-bond donors (Lipinski definition) is 0. The highest BCUT2D eigenvalue weighted by atomic mass is 32.2. The third-order valence-corrected chi connectivity index (χ3v) is 5.65. The minimum atomic E-state index is 0.615.